The number of benzene rings is 1. The number of fused-ring (bicyclic) bond motifs is 1. The van der Waals surface area contributed by atoms with E-state index in [1.165, 1.54) is 0 Å². The third kappa shape index (κ3) is 1.95. The molecule has 1 aromatic carbocycles. The number of carbonyl (C=O) groups is 1. The van der Waals surface area contributed by atoms with Gasteiger partial charge in [0.25, 0.3) is 0 Å². The van der Waals surface area contributed by atoms with Gasteiger partial charge in [-0.3, -0.25) is 10.2 Å². The molecule has 0 bridgehead atoms. The number of nitrogens with zero attached hydrogens (tertiary/aromatic N) is 1. The predicted molar refractivity (Wildman–Crippen MR) is 60.0 cm³/mol. The summed E-state index contributed by atoms with van der Waals surface area (Å²) in [6.45, 7) is 0.332. The van der Waals surface area contributed by atoms with Gasteiger partial charge in [-0.1, -0.05) is 24.3 Å². The lowest BCUT2D eigenvalue weighted by molar-refractivity contribution is -0.137. The van der Waals surface area contributed by atoms with E-state index in [0.717, 1.165) is 10.8 Å². The molecular weight excluding hydrogens is 204 g/mol. The molecule has 0 amide bonds. The molecule has 0 aliphatic rings. The number of aliphatic carboxylic acids is 1. The molecule has 1 aromatic heterocycles. The molecule has 0 aliphatic carbocycles. The summed E-state index contributed by atoms with van der Waals surface area (Å²) in [6.07, 6.45) is 1.79. The lowest BCUT2D eigenvalue weighted by Gasteiger charge is -2.07. The zero-order valence-corrected chi connectivity index (χ0v) is 8.68. The van der Waals surface area contributed by atoms with Crippen LogP contribution in [-0.4, -0.2) is 15.6 Å². The molecule has 0 atom stereocenters. The summed E-state index contributed by atoms with van der Waals surface area (Å²) in [4.78, 5) is 10.5. The van der Waals surface area contributed by atoms with Gasteiger partial charge in [0, 0.05) is 18.1 Å². The fourth-order valence-electron chi connectivity index (χ4n) is 1.66. The highest BCUT2D eigenvalue weighted by Crippen LogP contribution is 2.07. The SMILES string of the molecule is N=c1c2ccccc2ccn1CCC(=O)O. The summed E-state index contributed by atoms with van der Waals surface area (Å²) in [7, 11) is 0. The third-order valence-electron chi connectivity index (χ3n) is 2.50. The molecule has 0 unspecified atom stereocenters. The predicted octanol–water partition coefficient (Wildman–Crippen LogP) is 1.60. The Balaban J connectivity index is 2.45. The number of pyridine rings is 1. The first-order valence-electron chi connectivity index (χ1n) is 5.03. The monoisotopic (exact) mass is 216 g/mol. The Kier molecular flexibility index (Phi) is 2.72. The molecule has 16 heavy (non-hydrogen) atoms. The van der Waals surface area contributed by atoms with Crippen LogP contribution in [0.4, 0.5) is 0 Å². The first-order valence-corrected chi connectivity index (χ1v) is 5.03. The van der Waals surface area contributed by atoms with Crippen LogP contribution in [-0.2, 0) is 11.3 Å². The van der Waals surface area contributed by atoms with E-state index in [4.69, 9.17) is 10.5 Å². The summed E-state index contributed by atoms with van der Waals surface area (Å²) in [6, 6.07) is 9.50. The Labute approximate surface area is 92.3 Å². The summed E-state index contributed by atoms with van der Waals surface area (Å²) in [5.74, 6) is -0.847. The Morgan fingerprint density at radius 2 is 2.06 bits per heavy atom. The number of aryl methyl sites for hydroxylation is 1. The normalized spacial score (nSPS) is 10.5. The van der Waals surface area contributed by atoms with E-state index in [0.29, 0.717) is 12.0 Å². The number of rotatable bonds is 3. The highest BCUT2D eigenvalue weighted by atomic mass is 16.4. The Bertz CT molecular complexity index is 587. The van der Waals surface area contributed by atoms with Gasteiger partial charge >= 0.3 is 5.97 Å². The molecular formula is C12H12N2O2. The number of carboxylic acid groups (broad SMARTS) is 1. The third-order valence-corrected chi connectivity index (χ3v) is 2.50. The lowest BCUT2D eigenvalue weighted by Crippen LogP contribution is -2.21. The van der Waals surface area contributed by atoms with Crippen molar-refractivity contribution in [3.63, 3.8) is 0 Å². The molecule has 0 radical (unpaired) electrons. The molecule has 2 N–H and O–H groups in total. The van der Waals surface area contributed by atoms with E-state index in [2.05, 4.69) is 0 Å². The van der Waals surface area contributed by atoms with Crippen molar-refractivity contribution in [1.82, 2.24) is 4.57 Å². The molecule has 0 saturated heterocycles. The average Bonchev–Trinajstić information content (AvgIpc) is 2.28. The van der Waals surface area contributed by atoms with Crippen LogP contribution >= 0.6 is 0 Å². The van der Waals surface area contributed by atoms with Gasteiger partial charge in [0.1, 0.15) is 5.49 Å². The minimum absolute atomic E-state index is 0.0366. The second-order valence-corrected chi connectivity index (χ2v) is 3.59. The molecule has 2 aromatic rings. The highest BCUT2D eigenvalue weighted by molar-refractivity contribution is 5.80. The standard InChI is InChI=1S/C12H12N2O2/c13-12-10-4-2-1-3-9(10)5-7-14(12)8-6-11(15)16/h1-5,7,13H,6,8H2,(H,15,16). The Hall–Kier alpha value is -2.10. The van der Waals surface area contributed by atoms with E-state index in [1.807, 2.05) is 30.3 Å². The summed E-state index contributed by atoms with van der Waals surface area (Å²) in [5.41, 5.74) is 0.361. The van der Waals surface area contributed by atoms with E-state index < -0.39 is 5.97 Å². The van der Waals surface area contributed by atoms with Gasteiger partial charge in [-0.05, 0) is 11.5 Å². The molecule has 0 saturated carbocycles. The smallest absolute Gasteiger partial charge is 0.305 e. The van der Waals surface area contributed by atoms with Crippen molar-refractivity contribution in [1.29, 1.82) is 5.41 Å². The fraction of sp³-hybridized carbons (Fsp3) is 0.167. The van der Waals surface area contributed by atoms with Crippen molar-refractivity contribution < 1.29 is 9.90 Å². The molecule has 2 rings (SSSR count). The van der Waals surface area contributed by atoms with Crippen molar-refractivity contribution in [2.75, 3.05) is 0 Å². The summed E-state index contributed by atoms with van der Waals surface area (Å²) >= 11 is 0. The van der Waals surface area contributed by atoms with Crippen molar-refractivity contribution in [2.45, 2.75) is 13.0 Å². The quantitative estimate of drug-likeness (QED) is 0.818. The zero-order valence-electron chi connectivity index (χ0n) is 8.68. The maximum absolute atomic E-state index is 10.5. The second kappa shape index (κ2) is 4.18. The van der Waals surface area contributed by atoms with Gasteiger partial charge < -0.3 is 9.67 Å². The molecule has 1 heterocycles. The van der Waals surface area contributed by atoms with Gasteiger partial charge in [0.15, 0.2) is 0 Å². The number of hydrogen-bond acceptors (Lipinski definition) is 2. The minimum Gasteiger partial charge on any atom is -0.481 e. The van der Waals surface area contributed by atoms with Crippen LogP contribution in [0.25, 0.3) is 10.8 Å². The highest BCUT2D eigenvalue weighted by Gasteiger charge is 2.01. The number of aromatic nitrogens is 1. The van der Waals surface area contributed by atoms with Crippen LogP contribution < -0.4 is 5.49 Å². The molecule has 0 fully saturated rings. The van der Waals surface area contributed by atoms with Crippen molar-refractivity contribution in [3.05, 3.63) is 42.0 Å². The molecule has 0 spiro atoms. The molecule has 4 heteroatoms. The van der Waals surface area contributed by atoms with Crippen LogP contribution in [0, 0.1) is 5.41 Å². The van der Waals surface area contributed by atoms with E-state index >= 15 is 0 Å². The van der Waals surface area contributed by atoms with Gasteiger partial charge in [0.05, 0.1) is 6.42 Å². The largest absolute Gasteiger partial charge is 0.481 e. The number of carboxylic acids is 1. The van der Waals surface area contributed by atoms with Gasteiger partial charge in [-0.15, -0.1) is 0 Å². The number of hydrogen-bond donors (Lipinski definition) is 2. The van der Waals surface area contributed by atoms with E-state index in [1.54, 1.807) is 10.8 Å². The van der Waals surface area contributed by atoms with Crippen molar-refractivity contribution in [2.24, 2.45) is 0 Å². The van der Waals surface area contributed by atoms with Crippen molar-refractivity contribution in [3.8, 4) is 0 Å². The van der Waals surface area contributed by atoms with Crippen LogP contribution in [0.2, 0.25) is 0 Å². The van der Waals surface area contributed by atoms with Gasteiger partial charge in [-0.25, -0.2) is 0 Å². The van der Waals surface area contributed by atoms with Crippen LogP contribution in [0.1, 0.15) is 6.42 Å². The van der Waals surface area contributed by atoms with Crippen LogP contribution in [0.5, 0.6) is 0 Å². The van der Waals surface area contributed by atoms with Gasteiger partial charge in [-0.2, -0.15) is 0 Å². The lowest BCUT2D eigenvalue weighted by atomic mass is 10.2. The molecule has 4 nitrogen and oxygen atoms in total. The van der Waals surface area contributed by atoms with Crippen molar-refractivity contribution >= 4 is 16.7 Å². The average molecular weight is 216 g/mol. The molecule has 0 aliphatic heterocycles. The van der Waals surface area contributed by atoms with Crippen LogP contribution in [0.3, 0.4) is 0 Å². The first kappa shape index (κ1) is 10.4. The maximum Gasteiger partial charge on any atom is 0.305 e. The fourth-order valence-corrected chi connectivity index (χ4v) is 1.66. The van der Waals surface area contributed by atoms with Gasteiger partial charge in [0.2, 0.25) is 0 Å². The topological polar surface area (TPSA) is 66.1 Å². The minimum atomic E-state index is -0.847. The zero-order chi connectivity index (χ0) is 11.5. The van der Waals surface area contributed by atoms with E-state index in [9.17, 15) is 4.79 Å². The molecule has 82 valence electrons. The Morgan fingerprint density at radius 3 is 2.81 bits per heavy atom. The second-order valence-electron chi connectivity index (χ2n) is 3.59. The van der Waals surface area contributed by atoms with E-state index in [-0.39, 0.29) is 6.42 Å². The van der Waals surface area contributed by atoms with Crippen LogP contribution in [0.15, 0.2) is 36.5 Å². The summed E-state index contributed by atoms with van der Waals surface area (Å²) in [5, 5.41) is 18.4. The maximum atomic E-state index is 10.5. The number of nitrogens with one attached hydrogen (secondary N) is 1. The Morgan fingerprint density at radius 1 is 1.31 bits per heavy atom. The summed E-state index contributed by atoms with van der Waals surface area (Å²) < 4.78 is 1.65. The first-order chi connectivity index (χ1) is 7.68.